The number of amides is 2. The minimum Gasteiger partial charge on any atom is -0.385 e. The Kier molecular flexibility index (Phi) is 9.34. The maximum absolute atomic E-state index is 13.4. The van der Waals surface area contributed by atoms with Crippen LogP contribution in [0.2, 0.25) is 5.02 Å². The van der Waals surface area contributed by atoms with E-state index in [0.29, 0.717) is 44.1 Å². The largest absolute Gasteiger partial charge is 0.385 e. The highest BCUT2D eigenvalue weighted by molar-refractivity contribution is 6.30. The molecule has 2 amide bonds. The van der Waals surface area contributed by atoms with E-state index in [1.807, 2.05) is 60.5 Å². The molecule has 3 rings (SSSR count). The first-order valence-corrected chi connectivity index (χ1v) is 11.7. The second-order valence-corrected chi connectivity index (χ2v) is 8.50. The zero-order valence-electron chi connectivity index (χ0n) is 19.4. The first kappa shape index (κ1) is 24.8. The summed E-state index contributed by atoms with van der Waals surface area (Å²) >= 11 is 6.04. The lowest BCUT2D eigenvalue weighted by molar-refractivity contribution is -0.140. The van der Waals surface area contributed by atoms with E-state index in [0.717, 1.165) is 17.5 Å². The molecule has 7 heteroatoms. The molecule has 176 valence electrons. The summed E-state index contributed by atoms with van der Waals surface area (Å²) in [5.41, 5.74) is 3.25. The van der Waals surface area contributed by atoms with Crippen molar-refractivity contribution in [3.05, 3.63) is 70.9 Å². The average molecular weight is 470 g/mol. The predicted molar refractivity (Wildman–Crippen MR) is 132 cm³/mol. The van der Waals surface area contributed by atoms with Gasteiger partial charge in [-0.25, -0.2) is 0 Å². The third kappa shape index (κ3) is 7.07. The fraction of sp³-hybridized carbons (Fsp3) is 0.385. The summed E-state index contributed by atoms with van der Waals surface area (Å²) < 4.78 is 5.11. The SMILES string of the molecule is CCC(=O)N(CCCOC)CC(=O)N(CCc1c[nH]c2ccccc12)Cc1ccc(Cl)cc1. The average Bonchev–Trinajstić information content (AvgIpc) is 3.25. The number of ether oxygens (including phenoxy) is 1. The highest BCUT2D eigenvalue weighted by Crippen LogP contribution is 2.19. The lowest BCUT2D eigenvalue weighted by Crippen LogP contribution is -2.43. The van der Waals surface area contributed by atoms with E-state index in [4.69, 9.17) is 16.3 Å². The number of fused-ring (bicyclic) bond motifs is 1. The van der Waals surface area contributed by atoms with E-state index in [9.17, 15) is 9.59 Å². The van der Waals surface area contributed by atoms with Gasteiger partial charge in [-0.3, -0.25) is 9.59 Å². The van der Waals surface area contributed by atoms with Gasteiger partial charge in [0.2, 0.25) is 11.8 Å². The molecule has 0 saturated carbocycles. The Balaban J connectivity index is 1.75. The van der Waals surface area contributed by atoms with Gasteiger partial charge >= 0.3 is 0 Å². The number of halogens is 1. The Morgan fingerprint density at radius 1 is 1.00 bits per heavy atom. The van der Waals surface area contributed by atoms with Crippen molar-refractivity contribution < 1.29 is 14.3 Å². The number of aromatic amines is 1. The Labute approximate surface area is 200 Å². The number of H-pyrrole nitrogens is 1. The van der Waals surface area contributed by atoms with Crippen LogP contribution < -0.4 is 0 Å². The molecule has 33 heavy (non-hydrogen) atoms. The number of nitrogens with zero attached hydrogens (tertiary/aromatic N) is 2. The molecule has 1 N–H and O–H groups in total. The molecule has 0 atom stereocenters. The molecular weight excluding hydrogens is 438 g/mol. The van der Waals surface area contributed by atoms with Gasteiger partial charge in [0.1, 0.15) is 0 Å². The molecule has 1 aromatic heterocycles. The first-order valence-electron chi connectivity index (χ1n) is 11.4. The number of hydrogen-bond donors (Lipinski definition) is 1. The van der Waals surface area contributed by atoms with Gasteiger partial charge < -0.3 is 19.5 Å². The van der Waals surface area contributed by atoms with Crippen molar-refractivity contribution in [2.24, 2.45) is 0 Å². The van der Waals surface area contributed by atoms with Crippen LogP contribution in [0.3, 0.4) is 0 Å². The number of aromatic nitrogens is 1. The van der Waals surface area contributed by atoms with Crippen LogP contribution >= 0.6 is 11.6 Å². The van der Waals surface area contributed by atoms with Crippen molar-refractivity contribution >= 4 is 34.3 Å². The summed E-state index contributed by atoms with van der Waals surface area (Å²) in [6, 6.07) is 15.7. The molecular formula is C26H32ClN3O3. The Morgan fingerprint density at radius 2 is 1.76 bits per heavy atom. The molecule has 6 nitrogen and oxygen atoms in total. The molecule has 1 heterocycles. The summed E-state index contributed by atoms with van der Waals surface area (Å²) in [6.07, 6.45) is 3.79. The fourth-order valence-corrected chi connectivity index (χ4v) is 4.00. The van der Waals surface area contributed by atoms with Gasteiger partial charge in [-0.15, -0.1) is 0 Å². The third-order valence-electron chi connectivity index (χ3n) is 5.72. The molecule has 0 aliphatic rings. The molecule has 0 spiro atoms. The number of hydrogen-bond acceptors (Lipinski definition) is 3. The van der Waals surface area contributed by atoms with Crippen LogP contribution in [0.15, 0.2) is 54.7 Å². The van der Waals surface area contributed by atoms with Gasteiger partial charge in [0, 0.05) is 61.9 Å². The lowest BCUT2D eigenvalue weighted by Gasteiger charge is -2.28. The maximum atomic E-state index is 13.4. The van der Waals surface area contributed by atoms with Gasteiger partial charge in [0.05, 0.1) is 6.54 Å². The smallest absolute Gasteiger partial charge is 0.242 e. The monoisotopic (exact) mass is 469 g/mol. The standard InChI is InChI=1S/C26H32ClN3O3/c1-3-25(31)29(14-6-16-33-2)19-26(32)30(18-20-9-11-22(27)12-10-20)15-13-21-17-28-24-8-5-4-7-23(21)24/h4-5,7-12,17,28H,3,6,13-16,18-19H2,1-2H3. The van der Waals surface area contributed by atoms with Gasteiger partial charge in [0.15, 0.2) is 0 Å². The summed E-state index contributed by atoms with van der Waals surface area (Å²) in [5.74, 6) is -0.0912. The van der Waals surface area contributed by atoms with Crippen molar-refractivity contribution in [2.45, 2.75) is 32.7 Å². The number of benzene rings is 2. The van der Waals surface area contributed by atoms with Crippen LogP contribution in [0, 0.1) is 0 Å². The zero-order valence-corrected chi connectivity index (χ0v) is 20.1. The minimum absolute atomic E-state index is 0.0254. The molecule has 2 aromatic carbocycles. The lowest BCUT2D eigenvalue weighted by atomic mass is 10.1. The van der Waals surface area contributed by atoms with E-state index < -0.39 is 0 Å². The van der Waals surface area contributed by atoms with E-state index in [1.165, 1.54) is 10.9 Å². The molecule has 0 bridgehead atoms. The number of rotatable bonds is 12. The van der Waals surface area contributed by atoms with Crippen LogP contribution in [-0.4, -0.2) is 59.9 Å². The normalized spacial score (nSPS) is 11.0. The summed E-state index contributed by atoms with van der Waals surface area (Å²) in [4.78, 5) is 32.6. The molecule has 0 unspecified atom stereocenters. The van der Waals surface area contributed by atoms with Crippen LogP contribution in [-0.2, 0) is 27.3 Å². The molecule has 0 aliphatic carbocycles. The Bertz CT molecular complexity index is 1050. The molecule has 0 fully saturated rings. The van der Waals surface area contributed by atoms with Gasteiger partial charge in [-0.05, 0) is 42.2 Å². The highest BCUT2D eigenvalue weighted by Gasteiger charge is 2.21. The van der Waals surface area contributed by atoms with Crippen LogP contribution in [0.1, 0.15) is 30.9 Å². The number of carbonyl (C=O) groups excluding carboxylic acids is 2. The molecule has 0 radical (unpaired) electrons. The summed E-state index contributed by atoms with van der Waals surface area (Å²) in [5, 5.41) is 1.83. The summed E-state index contributed by atoms with van der Waals surface area (Å²) in [7, 11) is 1.63. The van der Waals surface area contributed by atoms with E-state index in [2.05, 4.69) is 11.1 Å². The van der Waals surface area contributed by atoms with E-state index in [1.54, 1.807) is 12.0 Å². The molecule has 0 aliphatic heterocycles. The van der Waals surface area contributed by atoms with Gasteiger partial charge in [0.25, 0.3) is 0 Å². The second-order valence-electron chi connectivity index (χ2n) is 8.07. The van der Waals surface area contributed by atoms with Crippen molar-refractivity contribution in [1.29, 1.82) is 0 Å². The topological polar surface area (TPSA) is 65.6 Å². The highest BCUT2D eigenvalue weighted by atomic mass is 35.5. The summed E-state index contributed by atoms with van der Waals surface area (Å²) in [6.45, 7) is 3.96. The maximum Gasteiger partial charge on any atom is 0.242 e. The number of nitrogens with one attached hydrogen (secondary N) is 1. The van der Waals surface area contributed by atoms with E-state index in [-0.39, 0.29) is 18.4 Å². The number of methoxy groups -OCH3 is 1. The van der Waals surface area contributed by atoms with Crippen molar-refractivity contribution in [2.75, 3.05) is 33.4 Å². The molecule has 0 saturated heterocycles. The van der Waals surface area contributed by atoms with Crippen molar-refractivity contribution in [1.82, 2.24) is 14.8 Å². The second kappa shape index (κ2) is 12.4. The Morgan fingerprint density at radius 3 is 2.48 bits per heavy atom. The third-order valence-corrected chi connectivity index (χ3v) is 5.98. The Hall–Kier alpha value is -2.83. The first-order chi connectivity index (χ1) is 16.0. The quantitative estimate of drug-likeness (QED) is 0.392. The van der Waals surface area contributed by atoms with Crippen molar-refractivity contribution in [3.8, 4) is 0 Å². The fourth-order valence-electron chi connectivity index (χ4n) is 3.87. The van der Waals surface area contributed by atoms with Crippen LogP contribution in [0.25, 0.3) is 10.9 Å². The minimum atomic E-state index is -0.0657. The van der Waals surface area contributed by atoms with Crippen LogP contribution in [0.5, 0.6) is 0 Å². The number of carbonyl (C=O) groups is 2. The van der Waals surface area contributed by atoms with Crippen molar-refractivity contribution in [3.63, 3.8) is 0 Å². The number of para-hydroxylation sites is 1. The van der Waals surface area contributed by atoms with E-state index >= 15 is 0 Å². The van der Waals surface area contributed by atoms with Gasteiger partial charge in [-0.1, -0.05) is 48.9 Å². The zero-order chi connectivity index (χ0) is 23.6. The van der Waals surface area contributed by atoms with Crippen LogP contribution in [0.4, 0.5) is 0 Å². The van der Waals surface area contributed by atoms with Gasteiger partial charge in [-0.2, -0.15) is 0 Å². The molecule has 3 aromatic rings. The predicted octanol–water partition coefficient (Wildman–Crippen LogP) is 4.67.